The third kappa shape index (κ3) is 5.64. The van der Waals surface area contributed by atoms with Crippen LogP contribution in [0.15, 0.2) is 22.7 Å². The van der Waals surface area contributed by atoms with Crippen LogP contribution in [0, 0.1) is 5.92 Å². The van der Waals surface area contributed by atoms with Gasteiger partial charge in [-0.05, 0) is 60.3 Å². The van der Waals surface area contributed by atoms with Crippen molar-refractivity contribution in [1.29, 1.82) is 0 Å². The lowest BCUT2D eigenvalue weighted by Gasteiger charge is -2.12. The van der Waals surface area contributed by atoms with Gasteiger partial charge in [-0.2, -0.15) is 0 Å². The largest absolute Gasteiger partial charge is 0.492 e. The fourth-order valence-corrected chi connectivity index (χ4v) is 1.92. The van der Waals surface area contributed by atoms with Crippen molar-refractivity contribution >= 4 is 21.9 Å². The molecule has 1 aromatic carbocycles. The molecule has 0 amide bonds. The van der Waals surface area contributed by atoms with E-state index in [9.17, 15) is 4.79 Å². The van der Waals surface area contributed by atoms with E-state index in [2.05, 4.69) is 29.8 Å². The Morgan fingerprint density at radius 2 is 1.95 bits per heavy atom. The SMILES string of the molecule is CC(C)CCOc1ccc(C(=O)OC(C)C)cc1Br. The van der Waals surface area contributed by atoms with Gasteiger partial charge in [0.15, 0.2) is 0 Å². The molecule has 0 saturated carbocycles. The summed E-state index contributed by atoms with van der Waals surface area (Å²) < 4.78 is 11.6. The summed E-state index contributed by atoms with van der Waals surface area (Å²) >= 11 is 3.42. The van der Waals surface area contributed by atoms with Gasteiger partial charge < -0.3 is 9.47 Å². The Bertz CT molecular complexity index is 427. The molecular formula is C15H21BrO3. The molecule has 0 heterocycles. The predicted molar refractivity (Wildman–Crippen MR) is 79.6 cm³/mol. The zero-order valence-electron chi connectivity index (χ0n) is 11.9. The Hall–Kier alpha value is -1.03. The van der Waals surface area contributed by atoms with Crippen LogP contribution in [-0.2, 0) is 4.74 Å². The highest BCUT2D eigenvalue weighted by atomic mass is 79.9. The second-order valence-corrected chi connectivity index (χ2v) is 5.98. The van der Waals surface area contributed by atoms with E-state index in [1.165, 1.54) is 0 Å². The van der Waals surface area contributed by atoms with Crippen LogP contribution < -0.4 is 4.74 Å². The molecule has 1 rings (SSSR count). The lowest BCUT2D eigenvalue weighted by atomic mass is 10.1. The average Bonchev–Trinajstić information content (AvgIpc) is 2.29. The van der Waals surface area contributed by atoms with E-state index < -0.39 is 0 Å². The standard InChI is InChI=1S/C15H21BrO3/c1-10(2)7-8-18-14-6-5-12(9-13(14)16)15(17)19-11(3)4/h5-6,9-11H,7-8H2,1-4H3. The number of rotatable bonds is 6. The topological polar surface area (TPSA) is 35.5 Å². The van der Waals surface area contributed by atoms with Gasteiger partial charge in [0.05, 0.1) is 22.7 Å². The van der Waals surface area contributed by atoms with Crippen LogP contribution in [0.25, 0.3) is 0 Å². The number of carbonyl (C=O) groups excluding carboxylic acids is 1. The summed E-state index contributed by atoms with van der Waals surface area (Å²) in [6.45, 7) is 8.64. The molecule has 0 fully saturated rings. The molecule has 0 aromatic heterocycles. The van der Waals surface area contributed by atoms with Gasteiger partial charge in [-0.1, -0.05) is 13.8 Å². The zero-order chi connectivity index (χ0) is 14.4. The molecule has 19 heavy (non-hydrogen) atoms. The molecule has 0 radical (unpaired) electrons. The zero-order valence-corrected chi connectivity index (χ0v) is 13.5. The van der Waals surface area contributed by atoms with E-state index in [0.717, 1.165) is 16.6 Å². The number of hydrogen-bond donors (Lipinski definition) is 0. The summed E-state index contributed by atoms with van der Waals surface area (Å²) in [5.41, 5.74) is 0.525. The summed E-state index contributed by atoms with van der Waals surface area (Å²) in [6.07, 6.45) is 0.886. The van der Waals surface area contributed by atoms with Crippen LogP contribution in [0.5, 0.6) is 5.75 Å². The number of ether oxygens (including phenoxy) is 2. The van der Waals surface area contributed by atoms with Gasteiger partial charge in [0.2, 0.25) is 0 Å². The number of benzene rings is 1. The third-order valence-electron chi connectivity index (χ3n) is 2.46. The summed E-state index contributed by atoms with van der Waals surface area (Å²) in [7, 11) is 0. The fourth-order valence-electron chi connectivity index (χ4n) is 1.43. The lowest BCUT2D eigenvalue weighted by Crippen LogP contribution is -2.11. The first-order chi connectivity index (χ1) is 8.90. The highest BCUT2D eigenvalue weighted by Gasteiger charge is 2.11. The molecule has 0 saturated heterocycles. The van der Waals surface area contributed by atoms with Crippen LogP contribution >= 0.6 is 15.9 Å². The highest BCUT2D eigenvalue weighted by Crippen LogP contribution is 2.26. The Labute approximate surface area is 123 Å². The maximum atomic E-state index is 11.7. The molecule has 3 nitrogen and oxygen atoms in total. The van der Waals surface area contributed by atoms with E-state index in [4.69, 9.17) is 9.47 Å². The molecule has 0 aliphatic rings. The van der Waals surface area contributed by atoms with Gasteiger partial charge in [-0.25, -0.2) is 4.79 Å². The molecular weight excluding hydrogens is 308 g/mol. The summed E-state index contributed by atoms with van der Waals surface area (Å²) in [5, 5.41) is 0. The smallest absolute Gasteiger partial charge is 0.338 e. The van der Waals surface area contributed by atoms with Crippen molar-refractivity contribution in [2.75, 3.05) is 6.61 Å². The van der Waals surface area contributed by atoms with E-state index >= 15 is 0 Å². The van der Waals surface area contributed by atoms with Gasteiger partial charge in [-0.3, -0.25) is 0 Å². The maximum absolute atomic E-state index is 11.7. The minimum absolute atomic E-state index is 0.117. The molecule has 0 aliphatic heterocycles. The third-order valence-corrected chi connectivity index (χ3v) is 3.08. The van der Waals surface area contributed by atoms with Crippen molar-refractivity contribution in [2.24, 2.45) is 5.92 Å². The predicted octanol–water partition coefficient (Wildman–Crippen LogP) is 4.44. The van der Waals surface area contributed by atoms with E-state index in [-0.39, 0.29) is 12.1 Å². The summed E-state index contributed by atoms with van der Waals surface area (Å²) in [6, 6.07) is 5.25. The molecule has 0 bridgehead atoms. The van der Waals surface area contributed by atoms with Crippen LogP contribution in [0.4, 0.5) is 0 Å². The molecule has 1 aromatic rings. The van der Waals surface area contributed by atoms with Crippen LogP contribution in [0.2, 0.25) is 0 Å². The average molecular weight is 329 g/mol. The summed E-state index contributed by atoms with van der Waals surface area (Å²) in [4.78, 5) is 11.7. The van der Waals surface area contributed by atoms with Crippen molar-refractivity contribution in [3.63, 3.8) is 0 Å². The molecule has 0 spiro atoms. The lowest BCUT2D eigenvalue weighted by molar-refractivity contribution is 0.0378. The van der Waals surface area contributed by atoms with Crippen molar-refractivity contribution < 1.29 is 14.3 Å². The monoisotopic (exact) mass is 328 g/mol. The van der Waals surface area contributed by atoms with E-state index in [0.29, 0.717) is 18.1 Å². The summed E-state index contributed by atoms with van der Waals surface area (Å²) in [5.74, 6) is 1.05. The Kier molecular flexibility index (Phi) is 6.35. The first kappa shape index (κ1) is 16.0. The molecule has 0 N–H and O–H groups in total. The number of halogens is 1. The molecule has 0 aliphatic carbocycles. The fraction of sp³-hybridized carbons (Fsp3) is 0.533. The Morgan fingerprint density at radius 1 is 1.26 bits per heavy atom. The number of carbonyl (C=O) groups is 1. The first-order valence-electron chi connectivity index (χ1n) is 6.53. The van der Waals surface area contributed by atoms with Gasteiger partial charge in [-0.15, -0.1) is 0 Å². The molecule has 0 atom stereocenters. The number of hydrogen-bond acceptors (Lipinski definition) is 3. The van der Waals surface area contributed by atoms with Crippen molar-refractivity contribution in [1.82, 2.24) is 0 Å². The highest BCUT2D eigenvalue weighted by molar-refractivity contribution is 9.10. The van der Waals surface area contributed by atoms with Crippen LogP contribution in [0.1, 0.15) is 44.5 Å². The first-order valence-corrected chi connectivity index (χ1v) is 7.32. The van der Waals surface area contributed by atoms with Crippen molar-refractivity contribution in [3.05, 3.63) is 28.2 Å². The van der Waals surface area contributed by atoms with Gasteiger partial charge in [0.25, 0.3) is 0 Å². The normalized spacial score (nSPS) is 10.9. The minimum atomic E-state index is -0.315. The van der Waals surface area contributed by atoms with Crippen molar-refractivity contribution in [2.45, 2.75) is 40.2 Å². The van der Waals surface area contributed by atoms with Crippen molar-refractivity contribution in [3.8, 4) is 5.75 Å². The molecule has 4 heteroatoms. The maximum Gasteiger partial charge on any atom is 0.338 e. The second kappa shape index (κ2) is 7.53. The van der Waals surface area contributed by atoms with Gasteiger partial charge in [0.1, 0.15) is 5.75 Å². The van der Waals surface area contributed by atoms with Crippen LogP contribution in [0.3, 0.4) is 0 Å². The quantitative estimate of drug-likeness (QED) is 0.724. The van der Waals surface area contributed by atoms with E-state index in [1.807, 2.05) is 13.8 Å². The molecule has 106 valence electrons. The Morgan fingerprint density at radius 3 is 2.47 bits per heavy atom. The van der Waals surface area contributed by atoms with Crippen LogP contribution in [-0.4, -0.2) is 18.7 Å². The van der Waals surface area contributed by atoms with Gasteiger partial charge in [0, 0.05) is 0 Å². The molecule has 0 unspecified atom stereocenters. The van der Waals surface area contributed by atoms with E-state index in [1.54, 1.807) is 18.2 Å². The number of esters is 1. The Balaban J connectivity index is 2.66. The minimum Gasteiger partial charge on any atom is -0.492 e. The second-order valence-electron chi connectivity index (χ2n) is 5.13. The van der Waals surface area contributed by atoms with Gasteiger partial charge >= 0.3 is 5.97 Å².